The van der Waals surface area contributed by atoms with Crippen molar-refractivity contribution in [2.45, 2.75) is 25.3 Å². The number of anilines is 1. The molecule has 2 N–H and O–H groups in total. The van der Waals surface area contributed by atoms with E-state index < -0.39 is 5.54 Å². The van der Waals surface area contributed by atoms with Crippen molar-refractivity contribution < 1.29 is 5.11 Å². The number of aliphatic hydroxyl groups is 1. The Bertz CT molecular complexity index is 544. The van der Waals surface area contributed by atoms with Crippen LogP contribution < -0.4 is 5.32 Å². The molecule has 2 rings (SSSR count). The first-order valence-corrected chi connectivity index (χ1v) is 7.29. The van der Waals surface area contributed by atoms with E-state index in [1.54, 1.807) is 0 Å². The summed E-state index contributed by atoms with van der Waals surface area (Å²) >= 11 is 6.23. The van der Waals surface area contributed by atoms with Crippen molar-refractivity contribution in [1.82, 2.24) is 0 Å². The highest BCUT2D eigenvalue weighted by Gasteiger charge is 2.30. The third-order valence-electron chi connectivity index (χ3n) is 3.52. The molecule has 20 heavy (non-hydrogen) atoms. The maximum absolute atomic E-state index is 10.0. The molecule has 1 atom stereocenters. The molecular weight excluding hydrogens is 270 g/mol. The Kier molecular flexibility index (Phi) is 5.05. The Labute approximate surface area is 125 Å². The van der Waals surface area contributed by atoms with Gasteiger partial charge in [0.05, 0.1) is 22.9 Å². The first-order valence-electron chi connectivity index (χ1n) is 6.91. The summed E-state index contributed by atoms with van der Waals surface area (Å²) in [5.74, 6) is 0. The van der Waals surface area contributed by atoms with Crippen LogP contribution in [0.15, 0.2) is 54.6 Å². The predicted molar refractivity (Wildman–Crippen MR) is 85.2 cm³/mol. The van der Waals surface area contributed by atoms with Gasteiger partial charge >= 0.3 is 0 Å². The zero-order valence-corrected chi connectivity index (χ0v) is 12.4. The van der Waals surface area contributed by atoms with Crippen LogP contribution in [-0.2, 0) is 5.54 Å². The van der Waals surface area contributed by atoms with Gasteiger partial charge in [0.2, 0.25) is 0 Å². The van der Waals surface area contributed by atoms with Gasteiger partial charge in [-0.1, -0.05) is 67.4 Å². The van der Waals surface area contributed by atoms with Crippen molar-refractivity contribution in [1.29, 1.82) is 0 Å². The van der Waals surface area contributed by atoms with Gasteiger partial charge in [-0.15, -0.1) is 0 Å². The molecule has 0 saturated heterocycles. The molecule has 1 unspecified atom stereocenters. The minimum atomic E-state index is -0.499. The van der Waals surface area contributed by atoms with E-state index in [0.29, 0.717) is 5.02 Å². The molecule has 0 aliphatic carbocycles. The maximum atomic E-state index is 10.0. The Hall–Kier alpha value is -1.51. The molecule has 0 aliphatic rings. The van der Waals surface area contributed by atoms with E-state index in [0.717, 1.165) is 24.1 Å². The van der Waals surface area contributed by atoms with Crippen molar-refractivity contribution in [3.63, 3.8) is 0 Å². The Balaban J connectivity index is 2.40. The Morgan fingerprint density at radius 3 is 2.30 bits per heavy atom. The van der Waals surface area contributed by atoms with Gasteiger partial charge in [0.1, 0.15) is 0 Å². The number of para-hydroxylation sites is 1. The summed E-state index contributed by atoms with van der Waals surface area (Å²) < 4.78 is 0. The second-order valence-electron chi connectivity index (χ2n) is 4.96. The zero-order valence-electron chi connectivity index (χ0n) is 11.6. The topological polar surface area (TPSA) is 32.3 Å². The van der Waals surface area contributed by atoms with E-state index >= 15 is 0 Å². The number of hydrogen-bond donors (Lipinski definition) is 2. The van der Waals surface area contributed by atoms with E-state index in [4.69, 9.17) is 11.6 Å². The highest BCUT2D eigenvalue weighted by Crippen LogP contribution is 2.33. The van der Waals surface area contributed by atoms with E-state index in [2.05, 4.69) is 12.2 Å². The molecule has 0 saturated carbocycles. The predicted octanol–water partition coefficient (Wildman–Crippen LogP) is 4.44. The van der Waals surface area contributed by atoms with Gasteiger partial charge in [0.15, 0.2) is 0 Å². The molecule has 0 aliphatic heterocycles. The molecule has 2 nitrogen and oxygen atoms in total. The number of aliphatic hydroxyl groups excluding tert-OH is 1. The fourth-order valence-electron chi connectivity index (χ4n) is 2.49. The van der Waals surface area contributed by atoms with Crippen LogP contribution in [0.25, 0.3) is 0 Å². The van der Waals surface area contributed by atoms with Crippen LogP contribution in [0.4, 0.5) is 5.69 Å². The maximum Gasteiger partial charge on any atom is 0.0857 e. The lowest BCUT2D eigenvalue weighted by molar-refractivity contribution is 0.202. The molecule has 0 bridgehead atoms. The largest absolute Gasteiger partial charge is 0.394 e. The van der Waals surface area contributed by atoms with Crippen molar-refractivity contribution in [3.8, 4) is 0 Å². The van der Waals surface area contributed by atoms with Gasteiger partial charge in [-0.05, 0) is 24.1 Å². The van der Waals surface area contributed by atoms with Gasteiger partial charge in [0, 0.05) is 0 Å². The number of benzene rings is 2. The van der Waals surface area contributed by atoms with Crippen molar-refractivity contribution in [3.05, 3.63) is 65.2 Å². The highest BCUT2D eigenvalue weighted by atomic mass is 35.5. The first-order chi connectivity index (χ1) is 9.72. The Morgan fingerprint density at radius 1 is 1.05 bits per heavy atom. The molecule has 0 radical (unpaired) electrons. The number of hydrogen-bond acceptors (Lipinski definition) is 2. The average Bonchev–Trinajstić information content (AvgIpc) is 2.50. The third kappa shape index (κ3) is 3.14. The van der Waals surface area contributed by atoms with Crippen LogP contribution >= 0.6 is 11.6 Å². The van der Waals surface area contributed by atoms with Crippen LogP contribution in [0.3, 0.4) is 0 Å². The van der Waals surface area contributed by atoms with Crippen LogP contribution in [0, 0.1) is 0 Å². The van der Waals surface area contributed by atoms with E-state index in [1.807, 2.05) is 54.6 Å². The summed E-state index contributed by atoms with van der Waals surface area (Å²) in [5, 5.41) is 14.1. The van der Waals surface area contributed by atoms with Gasteiger partial charge in [-0.25, -0.2) is 0 Å². The standard InChI is InChI=1S/C17H20ClNO/c1-2-12-17(13-20,14-8-4-3-5-9-14)19-16-11-7-6-10-15(16)18/h3-11,19-20H,2,12-13H2,1H3. The van der Waals surface area contributed by atoms with Gasteiger partial charge in [-0.3, -0.25) is 0 Å². The number of nitrogens with one attached hydrogen (secondary N) is 1. The summed E-state index contributed by atoms with van der Waals surface area (Å²) in [4.78, 5) is 0. The van der Waals surface area contributed by atoms with Crippen molar-refractivity contribution in [2.24, 2.45) is 0 Å². The van der Waals surface area contributed by atoms with Crippen LogP contribution in [0.5, 0.6) is 0 Å². The molecule has 0 fully saturated rings. The minimum absolute atomic E-state index is 0.0239. The molecule has 106 valence electrons. The number of halogens is 1. The van der Waals surface area contributed by atoms with Gasteiger partial charge < -0.3 is 10.4 Å². The number of rotatable bonds is 6. The normalized spacial score (nSPS) is 13.8. The fraction of sp³-hybridized carbons (Fsp3) is 0.294. The molecule has 2 aromatic rings. The highest BCUT2D eigenvalue weighted by molar-refractivity contribution is 6.33. The monoisotopic (exact) mass is 289 g/mol. The SMILES string of the molecule is CCCC(CO)(Nc1ccccc1Cl)c1ccccc1. The second kappa shape index (κ2) is 6.78. The van der Waals surface area contributed by atoms with E-state index in [-0.39, 0.29) is 6.61 Å². The smallest absolute Gasteiger partial charge is 0.0857 e. The quantitative estimate of drug-likeness (QED) is 0.824. The molecule has 0 spiro atoms. The van der Waals surface area contributed by atoms with E-state index in [1.165, 1.54) is 0 Å². The summed E-state index contributed by atoms with van der Waals surface area (Å²) in [6, 6.07) is 17.7. The lowest BCUT2D eigenvalue weighted by Crippen LogP contribution is -2.39. The molecule has 3 heteroatoms. The van der Waals surface area contributed by atoms with Crippen molar-refractivity contribution >= 4 is 17.3 Å². The summed E-state index contributed by atoms with van der Waals surface area (Å²) in [7, 11) is 0. The summed E-state index contributed by atoms with van der Waals surface area (Å²) in [6.07, 6.45) is 1.80. The third-order valence-corrected chi connectivity index (χ3v) is 3.85. The second-order valence-corrected chi connectivity index (χ2v) is 5.37. The summed E-state index contributed by atoms with van der Waals surface area (Å²) in [5.41, 5.74) is 1.42. The minimum Gasteiger partial charge on any atom is -0.394 e. The fourth-order valence-corrected chi connectivity index (χ4v) is 2.68. The van der Waals surface area contributed by atoms with Gasteiger partial charge in [0.25, 0.3) is 0 Å². The Morgan fingerprint density at radius 2 is 1.70 bits per heavy atom. The van der Waals surface area contributed by atoms with Crippen LogP contribution in [0.2, 0.25) is 5.02 Å². The van der Waals surface area contributed by atoms with Crippen LogP contribution in [0.1, 0.15) is 25.3 Å². The lowest BCUT2D eigenvalue weighted by Gasteiger charge is -2.35. The molecule has 0 amide bonds. The molecule has 0 aromatic heterocycles. The zero-order chi connectivity index (χ0) is 14.4. The summed E-state index contributed by atoms with van der Waals surface area (Å²) in [6.45, 7) is 2.14. The van der Waals surface area contributed by atoms with Crippen LogP contribution in [-0.4, -0.2) is 11.7 Å². The molecule has 0 heterocycles. The van der Waals surface area contributed by atoms with Crippen molar-refractivity contribution in [2.75, 3.05) is 11.9 Å². The van der Waals surface area contributed by atoms with Gasteiger partial charge in [-0.2, -0.15) is 0 Å². The van der Waals surface area contributed by atoms with E-state index in [9.17, 15) is 5.11 Å². The first kappa shape index (κ1) is 14.9. The lowest BCUT2D eigenvalue weighted by atomic mass is 9.86. The average molecular weight is 290 g/mol. The molecular formula is C17H20ClNO. The molecule has 2 aromatic carbocycles.